The van der Waals surface area contributed by atoms with E-state index in [4.69, 9.17) is 14.2 Å². The van der Waals surface area contributed by atoms with Gasteiger partial charge in [0.15, 0.2) is 11.5 Å². The molecule has 0 radical (unpaired) electrons. The standard InChI is InChI=1S/C28H35N3O4/c1-33-25-18-23-22(16-24(29-23)27(32)34-2)17-26(25)35-15-14-31-13-10-28(20-31)8-11-30(12-9-28)19-21-6-4-3-5-7-21/h3-7,16-18,29H,8-15,19-20H2,1-2H3. The van der Waals surface area contributed by atoms with Gasteiger partial charge in [0, 0.05) is 31.1 Å². The number of hydrogen-bond acceptors (Lipinski definition) is 6. The second kappa shape index (κ2) is 10.3. The van der Waals surface area contributed by atoms with Crippen molar-refractivity contribution >= 4 is 16.9 Å². The molecular formula is C28H35N3O4. The van der Waals surface area contributed by atoms with E-state index >= 15 is 0 Å². The Balaban J connectivity index is 1.13. The van der Waals surface area contributed by atoms with E-state index in [1.165, 1.54) is 45.0 Å². The highest BCUT2D eigenvalue weighted by molar-refractivity contribution is 5.95. The number of rotatable bonds is 8. The number of aromatic amines is 1. The molecule has 3 heterocycles. The van der Waals surface area contributed by atoms with E-state index in [0.717, 1.165) is 37.1 Å². The van der Waals surface area contributed by atoms with Crippen molar-refractivity contribution in [3.8, 4) is 11.5 Å². The van der Waals surface area contributed by atoms with E-state index in [9.17, 15) is 4.79 Å². The molecule has 2 aromatic carbocycles. The first-order chi connectivity index (χ1) is 17.1. The van der Waals surface area contributed by atoms with Crippen LogP contribution in [0, 0.1) is 5.41 Å². The molecule has 0 saturated carbocycles. The predicted molar refractivity (Wildman–Crippen MR) is 136 cm³/mol. The number of nitrogens with zero attached hydrogens (tertiary/aromatic N) is 2. The predicted octanol–water partition coefficient (Wildman–Crippen LogP) is 4.33. The summed E-state index contributed by atoms with van der Waals surface area (Å²) in [4.78, 5) is 20.1. The Morgan fingerprint density at radius 1 is 0.971 bits per heavy atom. The zero-order valence-corrected chi connectivity index (χ0v) is 20.7. The van der Waals surface area contributed by atoms with Gasteiger partial charge in [-0.15, -0.1) is 0 Å². The van der Waals surface area contributed by atoms with Crippen molar-refractivity contribution in [1.82, 2.24) is 14.8 Å². The minimum atomic E-state index is -0.392. The average molecular weight is 478 g/mol. The first-order valence-electron chi connectivity index (χ1n) is 12.5. The summed E-state index contributed by atoms with van der Waals surface area (Å²) in [5.41, 5.74) is 3.09. The Hall–Kier alpha value is -3.03. The van der Waals surface area contributed by atoms with Crippen LogP contribution in [-0.2, 0) is 11.3 Å². The molecule has 2 saturated heterocycles. The highest BCUT2D eigenvalue weighted by atomic mass is 16.5. The number of ether oxygens (including phenoxy) is 3. The number of carbonyl (C=O) groups excluding carboxylic acids is 1. The second-order valence-electron chi connectivity index (χ2n) is 9.90. The van der Waals surface area contributed by atoms with Gasteiger partial charge in [-0.25, -0.2) is 4.79 Å². The molecule has 1 aromatic heterocycles. The molecule has 0 unspecified atom stereocenters. The molecule has 2 aliphatic heterocycles. The molecular weight excluding hydrogens is 442 g/mol. The number of carbonyl (C=O) groups is 1. The summed E-state index contributed by atoms with van der Waals surface area (Å²) >= 11 is 0. The number of esters is 1. The monoisotopic (exact) mass is 477 g/mol. The van der Waals surface area contributed by atoms with Crippen LogP contribution in [0.5, 0.6) is 11.5 Å². The van der Waals surface area contributed by atoms with Crippen LogP contribution in [0.3, 0.4) is 0 Å². The lowest BCUT2D eigenvalue weighted by Gasteiger charge is -2.39. The summed E-state index contributed by atoms with van der Waals surface area (Å²) in [7, 11) is 3.01. The third-order valence-electron chi connectivity index (χ3n) is 7.66. The largest absolute Gasteiger partial charge is 0.493 e. The molecule has 0 bridgehead atoms. The highest BCUT2D eigenvalue weighted by Crippen LogP contribution is 2.40. The fraction of sp³-hybridized carbons (Fsp3) is 0.464. The number of H-pyrrole nitrogens is 1. The first kappa shape index (κ1) is 23.7. The number of benzene rings is 2. The lowest BCUT2D eigenvalue weighted by molar-refractivity contribution is 0.0595. The Morgan fingerprint density at radius 2 is 1.71 bits per heavy atom. The average Bonchev–Trinajstić information content (AvgIpc) is 3.49. The van der Waals surface area contributed by atoms with Crippen LogP contribution < -0.4 is 9.47 Å². The van der Waals surface area contributed by atoms with Gasteiger partial charge in [0.2, 0.25) is 0 Å². The summed E-state index contributed by atoms with van der Waals surface area (Å²) in [6.45, 7) is 7.22. The van der Waals surface area contributed by atoms with Crippen molar-refractivity contribution in [3.05, 3.63) is 59.8 Å². The zero-order valence-electron chi connectivity index (χ0n) is 20.7. The van der Waals surface area contributed by atoms with Gasteiger partial charge in [0.1, 0.15) is 12.3 Å². The highest BCUT2D eigenvalue weighted by Gasteiger charge is 2.40. The number of nitrogens with one attached hydrogen (secondary N) is 1. The van der Waals surface area contributed by atoms with E-state index in [-0.39, 0.29) is 0 Å². The lowest BCUT2D eigenvalue weighted by Crippen LogP contribution is -2.41. The van der Waals surface area contributed by atoms with E-state index < -0.39 is 5.97 Å². The fourth-order valence-electron chi connectivity index (χ4n) is 5.57. The first-order valence-corrected chi connectivity index (χ1v) is 12.5. The maximum atomic E-state index is 11.8. The molecule has 0 aliphatic carbocycles. The van der Waals surface area contributed by atoms with Crippen LogP contribution in [0.1, 0.15) is 35.3 Å². The molecule has 0 atom stereocenters. The third-order valence-corrected chi connectivity index (χ3v) is 7.66. The molecule has 35 heavy (non-hydrogen) atoms. The Labute approximate surface area is 206 Å². The van der Waals surface area contributed by atoms with Crippen molar-refractivity contribution in [2.45, 2.75) is 25.8 Å². The number of piperidine rings is 1. The van der Waals surface area contributed by atoms with Crippen LogP contribution >= 0.6 is 0 Å². The van der Waals surface area contributed by atoms with Crippen LogP contribution in [0.25, 0.3) is 10.9 Å². The minimum absolute atomic E-state index is 0.392. The second-order valence-corrected chi connectivity index (χ2v) is 9.90. The lowest BCUT2D eigenvalue weighted by atomic mass is 9.77. The van der Waals surface area contributed by atoms with E-state index in [2.05, 4.69) is 45.1 Å². The molecule has 7 heteroatoms. The van der Waals surface area contributed by atoms with Gasteiger partial charge in [-0.05, 0) is 62.0 Å². The molecule has 186 valence electrons. The van der Waals surface area contributed by atoms with E-state index in [0.29, 0.717) is 29.2 Å². The quantitative estimate of drug-likeness (QED) is 0.487. The minimum Gasteiger partial charge on any atom is -0.493 e. The number of methoxy groups -OCH3 is 2. The SMILES string of the molecule is COC(=O)c1cc2cc(OCCN3CCC4(CCN(Cc5ccccc5)CC4)C3)c(OC)cc2[nH]1. The van der Waals surface area contributed by atoms with Gasteiger partial charge >= 0.3 is 5.97 Å². The summed E-state index contributed by atoms with van der Waals surface area (Å²) in [5.74, 6) is 0.953. The molecule has 1 N–H and O–H groups in total. The van der Waals surface area contributed by atoms with Gasteiger partial charge in [0.25, 0.3) is 0 Å². The normalized spacial score (nSPS) is 18.2. The number of fused-ring (bicyclic) bond motifs is 1. The maximum absolute atomic E-state index is 11.8. The number of likely N-dealkylation sites (tertiary alicyclic amines) is 2. The zero-order chi connectivity index (χ0) is 24.3. The number of hydrogen-bond donors (Lipinski definition) is 1. The van der Waals surface area contributed by atoms with Crippen LogP contribution in [0.15, 0.2) is 48.5 Å². The van der Waals surface area contributed by atoms with Crippen molar-refractivity contribution in [1.29, 1.82) is 0 Å². The van der Waals surface area contributed by atoms with Crippen LogP contribution in [-0.4, -0.2) is 74.3 Å². The van der Waals surface area contributed by atoms with E-state index in [1.807, 2.05) is 12.1 Å². The maximum Gasteiger partial charge on any atom is 0.354 e. The summed E-state index contributed by atoms with van der Waals surface area (Å²) in [5, 5.41) is 0.892. The topological polar surface area (TPSA) is 67.0 Å². The Bertz CT molecular complexity index is 1150. The summed E-state index contributed by atoms with van der Waals surface area (Å²) < 4.78 is 16.5. The molecule has 7 nitrogen and oxygen atoms in total. The van der Waals surface area contributed by atoms with Crippen molar-refractivity contribution < 1.29 is 19.0 Å². The smallest absolute Gasteiger partial charge is 0.354 e. The Morgan fingerprint density at radius 3 is 2.43 bits per heavy atom. The molecule has 3 aromatic rings. The molecule has 0 amide bonds. The van der Waals surface area contributed by atoms with Gasteiger partial charge in [0.05, 0.1) is 19.7 Å². The van der Waals surface area contributed by atoms with Gasteiger partial charge in [-0.2, -0.15) is 0 Å². The van der Waals surface area contributed by atoms with Crippen molar-refractivity contribution in [2.75, 3.05) is 53.6 Å². The molecule has 1 spiro atoms. The fourth-order valence-corrected chi connectivity index (χ4v) is 5.57. The van der Waals surface area contributed by atoms with Crippen molar-refractivity contribution in [2.24, 2.45) is 5.41 Å². The molecule has 5 rings (SSSR count). The van der Waals surface area contributed by atoms with Gasteiger partial charge in [-0.3, -0.25) is 9.80 Å². The Kier molecular flexibility index (Phi) is 6.97. The van der Waals surface area contributed by atoms with Crippen molar-refractivity contribution in [3.63, 3.8) is 0 Å². The van der Waals surface area contributed by atoms with Crippen LogP contribution in [0.4, 0.5) is 0 Å². The van der Waals surface area contributed by atoms with E-state index in [1.54, 1.807) is 13.2 Å². The van der Waals surface area contributed by atoms with Crippen LogP contribution in [0.2, 0.25) is 0 Å². The summed E-state index contributed by atoms with van der Waals surface area (Å²) in [6, 6.07) is 16.4. The third kappa shape index (κ3) is 5.31. The molecule has 2 aliphatic rings. The summed E-state index contributed by atoms with van der Waals surface area (Å²) in [6.07, 6.45) is 3.83. The van der Waals surface area contributed by atoms with Gasteiger partial charge in [-0.1, -0.05) is 30.3 Å². The number of aromatic nitrogens is 1. The molecule has 2 fully saturated rings. The van der Waals surface area contributed by atoms with Gasteiger partial charge < -0.3 is 19.2 Å².